The maximum Gasteiger partial charge on any atom is 0.226 e. The van der Waals surface area contributed by atoms with Crippen molar-refractivity contribution in [2.24, 2.45) is 5.92 Å². The van der Waals surface area contributed by atoms with Gasteiger partial charge in [-0.1, -0.05) is 13.0 Å². The van der Waals surface area contributed by atoms with Gasteiger partial charge in [0.2, 0.25) is 5.91 Å². The van der Waals surface area contributed by atoms with Crippen molar-refractivity contribution < 1.29 is 4.79 Å². The van der Waals surface area contributed by atoms with E-state index in [1.807, 2.05) is 43.3 Å². The molecule has 5 nitrogen and oxygen atoms in total. The summed E-state index contributed by atoms with van der Waals surface area (Å²) >= 11 is 0. The minimum absolute atomic E-state index is 0. The first-order chi connectivity index (χ1) is 9.70. The number of nitrogens with zero attached hydrogens (tertiary/aromatic N) is 3. The highest BCUT2D eigenvalue weighted by molar-refractivity contribution is 5.86. The Balaban J connectivity index is 0. The van der Waals surface area contributed by atoms with Crippen LogP contribution in [0.5, 0.6) is 0 Å². The number of pyridine rings is 1. The molecule has 0 spiro atoms. The van der Waals surface area contributed by atoms with Crippen LogP contribution >= 0.6 is 37.2 Å². The molecule has 0 aromatic carbocycles. The van der Waals surface area contributed by atoms with E-state index in [1.54, 1.807) is 0 Å². The second-order valence-electron chi connectivity index (χ2n) is 5.38. The van der Waals surface area contributed by atoms with Gasteiger partial charge in [0.25, 0.3) is 0 Å². The molecular weight excluding hydrogens is 359 g/mol. The topological polar surface area (TPSA) is 48.5 Å². The van der Waals surface area contributed by atoms with Crippen molar-refractivity contribution in [2.75, 3.05) is 39.8 Å². The van der Waals surface area contributed by atoms with Crippen LogP contribution in [-0.2, 0) is 11.3 Å². The lowest BCUT2D eigenvalue weighted by Crippen LogP contribution is -2.50. The molecule has 1 saturated heterocycles. The summed E-state index contributed by atoms with van der Waals surface area (Å²) in [4.78, 5) is 20.9. The fourth-order valence-corrected chi connectivity index (χ4v) is 2.55. The molecule has 23 heavy (non-hydrogen) atoms. The van der Waals surface area contributed by atoms with Crippen molar-refractivity contribution in [1.29, 1.82) is 0 Å². The molecule has 1 amide bonds. The number of aromatic nitrogens is 1. The van der Waals surface area contributed by atoms with Crippen LogP contribution in [0.2, 0.25) is 0 Å². The van der Waals surface area contributed by atoms with E-state index in [0.717, 1.165) is 45.0 Å². The zero-order valence-corrected chi connectivity index (χ0v) is 16.1. The molecule has 2 rings (SSSR count). The molecule has 2 heterocycles. The van der Waals surface area contributed by atoms with Crippen molar-refractivity contribution in [3.05, 3.63) is 30.1 Å². The summed E-state index contributed by atoms with van der Waals surface area (Å²) in [5.41, 5.74) is 1.09. The molecule has 1 fully saturated rings. The fourth-order valence-electron chi connectivity index (χ4n) is 2.55. The van der Waals surface area contributed by atoms with E-state index in [0.29, 0.717) is 0 Å². The minimum atomic E-state index is 0. The standard InChI is InChI=1S/C15H24N4O.3ClH/c1-13(11-16-2)15(20)19-9-7-18(8-10-19)12-14-5-3-4-6-17-14;;;/h3-6,13,16H,7-12H2,1-2H3;3*1H. The molecular formula is C15H27Cl3N4O. The zero-order chi connectivity index (χ0) is 14.4. The summed E-state index contributed by atoms with van der Waals surface area (Å²) in [6.45, 7) is 7.09. The second-order valence-corrected chi connectivity index (χ2v) is 5.38. The van der Waals surface area contributed by atoms with Gasteiger partial charge in [-0.15, -0.1) is 37.2 Å². The lowest BCUT2D eigenvalue weighted by Gasteiger charge is -2.35. The van der Waals surface area contributed by atoms with Gasteiger partial charge in [-0.25, -0.2) is 0 Å². The number of carbonyl (C=O) groups is 1. The van der Waals surface area contributed by atoms with Crippen molar-refractivity contribution in [3.8, 4) is 0 Å². The molecule has 1 unspecified atom stereocenters. The molecule has 0 bridgehead atoms. The number of nitrogens with one attached hydrogen (secondary N) is 1. The number of amides is 1. The summed E-state index contributed by atoms with van der Waals surface area (Å²) in [5, 5.41) is 3.06. The zero-order valence-electron chi connectivity index (χ0n) is 13.6. The molecule has 8 heteroatoms. The molecule has 1 aliphatic rings. The molecule has 0 radical (unpaired) electrons. The number of hydrogen-bond acceptors (Lipinski definition) is 4. The van der Waals surface area contributed by atoms with E-state index in [9.17, 15) is 4.79 Å². The third kappa shape index (κ3) is 7.68. The molecule has 1 N–H and O–H groups in total. The van der Waals surface area contributed by atoms with Gasteiger partial charge in [0.1, 0.15) is 0 Å². The van der Waals surface area contributed by atoms with Crippen LogP contribution in [0.3, 0.4) is 0 Å². The summed E-state index contributed by atoms with van der Waals surface area (Å²) in [5.74, 6) is 0.319. The van der Waals surface area contributed by atoms with Crippen molar-refractivity contribution in [1.82, 2.24) is 20.1 Å². The highest BCUT2D eigenvalue weighted by Gasteiger charge is 2.24. The Morgan fingerprint density at radius 3 is 2.39 bits per heavy atom. The van der Waals surface area contributed by atoms with Gasteiger partial charge in [-0.3, -0.25) is 14.7 Å². The van der Waals surface area contributed by atoms with Crippen LogP contribution in [0.25, 0.3) is 0 Å². The minimum Gasteiger partial charge on any atom is -0.340 e. The first-order valence-corrected chi connectivity index (χ1v) is 7.26. The quantitative estimate of drug-likeness (QED) is 0.840. The van der Waals surface area contributed by atoms with Crippen LogP contribution in [0.4, 0.5) is 0 Å². The lowest BCUT2D eigenvalue weighted by molar-refractivity contribution is -0.136. The summed E-state index contributed by atoms with van der Waals surface area (Å²) in [6.07, 6.45) is 1.83. The number of carbonyl (C=O) groups excluding carboxylic acids is 1. The van der Waals surface area contributed by atoms with Gasteiger partial charge in [-0.05, 0) is 19.2 Å². The van der Waals surface area contributed by atoms with Crippen molar-refractivity contribution >= 4 is 43.1 Å². The molecule has 1 atom stereocenters. The van der Waals surface area contributed by atoms with Gasteiger partial charge in [0.15, 0.2) is 0 Å². The second kappa shape index (κ2) is 12.8. The maximum atomic E-state index is 12.2. The lowest BCUT2D eigenvalue weighted by atomic mass is 10.1. The Bertz CT molecular complexity index is 428. The van der Waals surface area contributed by atoms with E-state index in [1.165, 1.54) is 0 Å². The highest BCUT2D eigenvalue weighted by Crippen LogP contribution is 2.09. The SMILES string of the molecule is CNCC(C)C(=O)N1CCN(Cc2ccccn2)CC1.Cl.Cl.Cl. The van der Waals surface area contributed by atoms with Gasteiger partial charge >= 0.3 is 0 Å². The number of halogens is 3. The molecule has 1 aromatic heterocycles. The van der Waals surface area contributed by atoms with E-state index >= 15 is 0 Å². The third-order valence-electron chi connectivity index (χ3n) is 3.73. The van der Waals surface area contributed by atoms with Crippen molar-refractivity contribution in [2.45, 2.75) is 13.5 Å². The van der Waals surface area contributed by atoms with Gasteiger partial charge in [0.05, 0.1) is 5.69 Å². The summed E-state index contributed by atoms with van der Waals surface area (Å²) in [6, 6.07) is 6.00. The van der Waals surface area contributed by atoms with Crippen LogP contribution in [0.15, 0.2) is 24.4 Å². The molecule has 0 aliphatic carbocycles. The average molecular weight is 386 g/mol. The Morgan fingerprint density at radius 1 is 1.22 bits per heavy atom. The Morgan fingerprint density at radius 2 is 1.87 bits per heavy atom. The normalized spacial score (nSPS) is 15.7. The maximum absolute atomic E-state index is 12.2. The van der Waals surface area contributed by atoms with Crippen LogP contribution in [-0.4, -0.2) is 60.5 Å². The van der Waals surface area contributed by atoms with Gasteiger partial charge < -0.3 is 10.2 Å². The van der Waals surface area contributed by atoms with Crippen molar-refractivity contribution in [3.63, 3.8) is 0 Å². The van der Waals surface area contributed by atoms with Gasteiger partial charge in [0, 0.05) is 51.4 Å². The fraction of sp³-hybridized carbons (Fsp3) is 0.600. The number of rotatable bonds is 5. The predicted octanol–water partition coefficient (Wildman–Crippen LogP) is 1.85. The van der Waals surface area contributed by atoms with E-state index in [2.05, 4.69) is 15.2 Å². The Labute approximate surface area is 157 Å². The van der Waals surface area contributed by atoms with Crippen LogP contribution in [0.1, 0.15) is 12.6 Å². The molecule has 1 aliphatic heterocycles. The van der Waals surface area contributed by atoms with Crippen LogP contribution < -0.4 is 5.32 Å². The Hall–Kier alpha value is -0.590. The molecule has 0 saturated carbocycles. The number of piperazine rings is 1. The highest BCUT2D eigenvalue weighted by atomic mass is 35.5. The summed E-state index contributed by atoms with van der Waals surface area (Å²) < 4.78 is 0. The first-order valence-electron chi connectivity index (χ1n) is 7.26. The van der Waals surface area contributed by atoms with Crippen LogP contribution in [0, 0.1) is 5.92 Å². The molecule has 134 valence electrons. The predicted molar refractivity (Wildman–Crippen MR) is 101 cm³/mol. The van der Waals surface area contributed by atoms with E-state index in [-0.39, 0.29) is 49.0 Å². The van der Waals surface area contributed by atoms with E-state index in [4.69, 9.17) is 0 Å². The van der Waals surface area contributed by atoms with E-state index < -0.39 is 0 Å². The Kier molecular flexibility index (Phi) is 13.7. The largest absolute Gasteiger partial charge is 0.340 e. The third-order valence-corrected chi connectivity index (χ3v) is 3.73. The monoisotopic (exact) mass is 384 g/mol. The molecule has 1 aromatic rings. The first kappa shape index (κ1) is 24.7. The number of hydrogen-bond donors (Lipinski definition) is 1. The summed E-state index contributed by atoms with van der Waals surface area (Å²) in [7, 11) is 1.88. The average Bonchev–Trinajstić information content (AvgIpc) is 2.48. The smallest absolute Gasteiger partial charge is 0.226 e. The van der Waals surface area contributed by atoms with Gasteiger partial charge in [-0.2, -0.15) is 0 Å².